The topological polar surface area (TPSA) is 75.6 Å². The molecule has 2 N–H and O–H groups in total. The first kappa shape index (κ1) is 19.7. The monoisotopic (exact) mass is 393 g/mol. The second kappa shape index (κ2) is 7.53. The van der Waals surface area contributed by atoms with E-state index in [1.807, 2.05) is 0 Å². The summed E-state index contributed by atoms with van der Waals surface area (Å²) in [6, 6.07) is 10.0. The average Bonchev–Trinajstić information content (AvgIpc) is 3.42. The summed E-state index contributed by atoms with van der Waals surface area (Å²) in [7, 11) is 0. The number of hydrogen-bond donors (Lipinski definition) is 2. The van der Waals surface area contributed by atoms with Gasteiger partial charge in [-0.1, -0.05) is 18.2 Å². The van der Waals surface area contributed by atoms with E-state index in [2.05, 4.69) is 5.32 Å². The number of aliphatic carboxylic acids is 1. The third-order valence-electron chi connectivity index (χ3n) is 4.61. The van der Waals surface area contributed by atoms with Crippen LogP contribution in [0.25, 0.3) is 0 Å². The van der Waals surface area contributed by atoms with E-state index in [1.165, 1.54) is 24.3 Å². The minimum absolute atomic E-state index is 0.143. The van der Waals surface area contributed by atoms with Crippen molar-refractivity contribution in [3.63, 3.8) is 0 Å². The molecule has 0 radical (unpaired) electrons. The number of carboxylic acids is 1. The van der Waals surface area contributed by atoms with E-state index >= 15 is 0 Å². The molecule has 1 amide bonds. The molecule has 8 heteroatoms. The van der Waals surface area contributed by atoms with Gasteiger partial charge in [-0.2, -0.15) is 13.2 Å². The molecule has 0 bridgehead atoms. The Balaban J connectivity index is 1.67. The van der Waals surface area contributed by atoms with Crippen LogP contribution in [0.3, 0.4) is 0 Å². The van der Waals surface area contributed by atoms with E-state index in [0.717, 1.165) is 6.07 Å². The number of hydrogen-bond acceptors (Lipinski definition) is 3. The third-order valence-corrected chi connectivity index (χ3v) is 4.61. The fraction of sp³-hybridized carbons (Fsp3) is 0.300. The van der Waals surface area contributed by atoms with Gasteiger partial charge in [0.15, 0.2) is 6.61 Å². The van der Waals surface area contributed by atoms with Crippen molar-refractivity contribution in [2.24, 2.45) is 5.92 Å². The summed E-state index contributed by atoms with van der Waals surface area (Å²) in [5, 5.41) is 11.4. The molecule has 1 saturated carbocycles. The first-order chi connectivity index (χ1) is 13.2. The number of alkyl halides is 3. The number of amides is 1. The molecule has 0 spiro atoms. The van der Waals surface area contributed by atoms with Gasteiger partial charge in [-0.05, 0) is 54.7 Å². The Labute approximate surface area is 159 Å². The highest BCUT2D eigenvalue weighted by Gasteiger charge is 2.47. The number of nitrogens with one attached hydrogen (secondary N) is 1. The molecule has 0 aromatic heterocycles. The second-order valence-electron chi connectivity index (χ2n) is 6.68. The molecular formula is C20H18F3NO4. The Kier molecular flexibility index (Phi) is 5.31. The number of benzene rings is 2. The summed E-state index contributed by atoms with van der Waals surface area (Å²) in [4.78, 5) is 23.0. The van der Waals surface area contributed by atoms with Crippen molar-refractivity contribution in [3.05, 3.63) is 59.2 Å². The lowest BCUT2D eigenvalue weighted by Crippen LogP contribution is -2.16. The molecular weight excluding hydrogens is 375 g/mol. The molecule has 28 heavy (non-hydrogen) atoms. The second-order valence-corrected chi connectivity index (χ2v) is 6.68. The predicted octanol–water partition coefficient (Wildman–Crippen LogP) is 4.22. The largest absolute Gasteiger partial charge is 0.482 e. The first-order valence-electron chi connectivity index (χ1n) is 8.59. The maximum Gasteiger partial charge on any atom is 0.416 e. The summed E-state index contributed by atoms with van der Waals surface area (Å²) in [6.45, 7) is 1.24. The fourth-order valence-corrected chi connectivity index (χ4v) is 3.14. The van der Waals surface area contributed by atoms with Crippen LogP contribution in [0.1, 0.15) is 29.0 Å². The van der Waals surface area contributed by atoms with E-state index < -0.39 is 36.2 Å². The standard InChI is InChI=1S/C20H18F3NO4/c1-11-8-12(28-10-18(25)26)6-7-17(11)24-19(27)15-9-14(15)13-4-2-3-5-16(13)20(21,22)23/h2-8,14-15H,9-10H2,1H3,(H,24,27)(H,25,26). The number of carboxylic acid groups (broad SMARTS) is 1. The van der Waals surface area contributed by atoms with Crippen LogP contribution < -0.4 is 10.1 Å². The summed E-state index contributed by atoms with van der Waals surface area (Å²) >= 11 is 0. The van der Waals surface area contributed by atoms with Crippen LogP contribution >= 0.6 is 0 Å². The maximum atomic E-state index is 13.2. The van der Waals surface area contributed by atoms with Crippen LogP contribution in [0.5, 0.6) is 5.75 Å². The van der Waals surface area contributed by atoms with Gasteiger partial charge in [0.1, 0.15) is 5.75 Å². The predicted molar refractivity (Wildman–Crippen MR) is 95.2 cm³/mol. The van der Waals surface area contributed by atoms with Crippen molar-refractivity contribution in [2.45, 2.75) is 25.4 Å². The van der Waals surface area contributed by atoms with Gasteiger partial charge >= 0.3 is 12.1 Å². The van der Waals surface area contributed by atoms with E-state index in [4.69, 9.17) is 9.84 Å². The van der Waals surface area contributed by atoms with Gasteiger partial charge < -0.3 is 15.2 Å². The summed E-state index contributed by atoms with van der Waals surface area (Å²) < 4.78 is 44.6. The van der Waals surface area contributed by atoms with Crippen LogP contribution in [0.2, 0.25) is 0 Å². The molecule has 0 heterocycles. The summed E-state index contributed by atoms with van der Waals surface area (Å²) in [5.74, 6) is -2.08. The first-order valence-corrected chi connectivity index (χ1v) is 8.59. The quantitative estimate of drug-likeness (QED) is 0.771. The highest BCUT2D eigenvalue weighted by atomic mass is 19.4. The summed E-state index contributed by atoms with van der Waals surface area (Å²) in [6.07, 6.45) is -4.10. The highest BCUT2D eigenvalue weighted by molar-refractivity contribution is 5.96. The van der Waals surface area contributed by atoms with Crippen molar-refractivity contribution in [1.29, 1.82) is 0 Å². The molecule has 1 aliphatic rings. The Morgan fingerprint density at radius 2 is 1.93 bits per heavy atom. The highest BCUT2D eigenvalue weighted by Crippen LogP contribution is 2.51. The molecule has 0 aliphatic heterocycles. The van der Waals surface area contributed by atoms with Gasteiger partial charge in [-0.25, -0.2) is 4.79 Å². The van der Waals surface area contributed by atoms with Gasteiger partial charge in [0.25, 0.3) is 0 Å². The van der Waals surface area contributed by atoms with Crippen molar-refractivity contribution >= 4 is 17.6 Å². The van der Waals surface area contributed by atoms with Crippen LogP contribution in [0.15, 0.2) is 42.5 Å². The Hall–Kier alpha value is -3.03. The molecule has 2 atom stereocenters. The van der Waals surface area contributed by atoms with Crippen molar-refractivity contribution in [3.8, 4) is 5.75 Å². The van der Waals surface area contributed by atoms with Gasteiger partial charge in [0, 0.05) is 11.6 Å². The van der Waals surface area contributed by atoms with Crippen LogP contribution in [-0.4, -0.2) is 23.6 Å². The van der Waals surface area contributed by atoms with Crippen LogP contribution in [0, 0.1) is 12.8 Å². The number of anilines is 1. The number of rotatable bonds is 6. The number of carbonyl (C=O) groups is 2. The molecule has 148 valence electrons. The van der Waals surface area contributed by atoms with Crippen LogP contribution in [0.4, 0.5) is 18.9 Å². The molecule has 3 rings (SSSR count). The minimum atomic E-state index is -4.46. The van der Waals surface area contributed by atoms with Gasteiger partial charge in [-0.15, -0.1) is 0 Å². The Morgan fingerprint density at radius 1 is 1.21 bits per heavy atom. The normalized spacial score (nSPS) is 18.4. The zero-order chi connectivity index (χ0) is 20.5. The Morgan fingerprint density at radius 3 is 2.57 bits per heavy atom. The van der Waals surface area contributed by atoms with Gasteiger partial charge in [0.2, 0.25) is 5.91 Å². The number of carbonyl (C=O) groups excluding carboxylic acids is 1. The number of ether oxygens (including phenoxy) is 1. The maximum absolute atomic E-state index is 13.2. The molecule has 1 fully saturated rings. The number of halogens is 3. The zero-order valence-electron chi connectivity index (χ0n) is 14.9. The molecule has 5 nitrogen and oxygen atoms in total. The van der Waals surface area contributed by atoms with E-state index in [1.54, 1.807) is 19.1 Å². The molecule has 0 saturated heterocycles. The van der Waals surface area contributed by atoms with Gasteiger partial charge in [-0.3, -0.25) is 4.79 Å². The van der Waals surface area contributed by atoms with Crippen molar-refractivity contribution < 1.29 is 32.6 Å². The number of aryl methyl sites for hydroxylation is 1. The molecule has 2 aromatic carbocycles. The minimum Gasteiger partial charge on any atom is -0.482 e. The molecule has 2 aromatic rings. The lowest BCUT2D eigenvalue weighted by Gasteiger charge is -2.13. The smallest absolute Gasteiger partial charge is 0.416 e. The van der Waals surface area contributed by atoms with Crippen molar-refractivity contribution in [2.75, 3.05) is 11.9 Å². The Bertz CT molecular complexity index is 911. The van der Waals surface area contributed by atoms with Crippen LogP contribution in [-0.2, 0) is 15.8 Å². The summed E-state index contributed by atoms with van der Waals surface area (Å²) in [5.41, 5.74) is 0.599. The fourth-order valence-electron chi connectivity index (χ4n) is 3.14. The lowest BCUT2D eigenvalue weighted by molar-refractivity contribution is -0.139. The zero-order valence-corrected chi connectivity index (χ0v) is 14.9. The van der Waals surface area contributed by atoms with E-state index in [-0.39, 0.29) is 11.5 Å². The molecule has 1 aliphatic carbocycles. The van der Waals surface area contributed by atoms with Crippen molar-refractivity contribution in [1.82, 2.24) is 0 Å². The average molecular weight is 393 g/mol. The van der Waals surface area contributed by atoms with E-state index in [9.17, 15) is 22.8 Å². The van der Waals surface area contributed by atoms with E-state index in [0.29, 0.717) is 23.4 Å². The lowest BCUT2D eigenvalue weighted by atomic mass is 10.0. The SMILES string of the molecule is Cc1cc(OCC(=O)O)ccc1NC(=O)C1CC1c1ccccc1C(F)(F)F. The molecule has 2 unspecified atom stereocenters. The third kappa shape index (κ3) is 4.44. The van der Waals surface area contributed by atoms with Gasteiger partial charge in [0.05, 0.1) is 5.56 Å².